The van der Waals surface area contributed by atoms with Crippen LogP contribution in [0.25, 0.3) is 10.6 Å². The molecule has 1 aliphatic heterocycles. The third kappa shape index (κ3) is 4.13. The molecule has 2 aromatic heterocycles. The molecule has 1 spiro atoms. The normalized spacial score (nSPS) is 24.2. The van der Waals surface area contributed by atoms with Gasteiger partial charge >= 0.3 is 0 Å². The lowest BCUT2D eigenvalue weighted by Gasteiger charge is -2.48. The Kier molecular flexibility index (Phi) is 5.97. The van der Waals surface area contributed by atoms with E-state index in [1.807, 2.05) is 42.4 Å². The van der Waals surface area contributed by atoms with Gasteiger partial charge in [0.15, 0.2) is 16.5 Å². The minimum absolute atomic E-state index is 0.0646. The van der Waals surface area contributed by atoms with E-state index in [2.05, 4.69) is 22.4 Å². The van der Waals surface area contributed by atoms with E-state index in [0.717, 1.165) is 35.8 Å². The van der Waals surface area contributed by atoms with Crippen molar-refractivity contribution in [2.24, 2.45) is 17.8 Å². The molecule has 8 nitrogen and oxygen atoms in total. The van der Waals surface area contributed by atoms with Crippen LogP contribution in [0.2, 0.25) is 0 Å². The Morgan fingerprint density at radius 3 is 2.68 bits per heavy atom. The number of nitrogens with zero attached hydrogens (tertiary/aromatic N) is 4. The summed E-state index contributed by atoms with van der Waals surface area (Å²) < 4.78 is 35.5. The number of hydrogen-bond donors (Lipinski definition) is 1. The zero-order valence-electron chi connectivity index (χ0n) is 22.4. The zero-order valence-corrected chi connectivity index (χ0v) is 23.3. The van der Waals surface area contributed by atoms with Gasteiger partial charge in [-0.1, -0.05) is 54.7 Å². The topological polar surface area (TPSA) is 89.3 Å². The Morgan fingerprint density at radius 1 is 1.15 bits per heavy atom. The molecule has 1 N–H and O–H groups in total. The van der Waals surface area contributed by atoms with E-state index in [9.17, 15) is 18.4 Å². The maximum atomic E-state index is 14.3. The highest BCUT2D eigenvalue weighted by atomic mass is 32.1. The molecular formula is C30H27F2N5O3S. The maximum absolute atomic E-state index is 14.3. The number of rotatable bonds is 6. The van der Waals surface area contributed by atoms with Crippen molar-refractivity contribution in [3.8, 4) is 16.3 Å². The van der Waals surface area contributed by atoms with Crippen LogP contribution in [0.3, 0.4) is 0 Å². The summed E-state index contributed by atoms with van der Waals surface area (Å²) in [5.74, 6) is -0.365. The van der Waals surface area contributed by atoms with Crippen LogP contribution in [0.1, 0.15) is 46.4 Å². The van der Waals surface area contributed by atoms with Gasteiger partial charge in [0.2, 0.25) is 5.43 Å². The number of aromatic nitrogens is 3. The van der Waals surface area contributed by atoms with E-state index in [4.69, 9.17) is 4.74 Å². The van der Waals surface area contributed by atoms with Crippen molar-refractivity contribution in [3.05, 3.63) is 98.4 Å². The van der Waals surface area contributed by atoms with Crippen molar-refractivity contribution >= 4 is 17.2 Å². The highest BCUT2D eigenvalue weighted by molar-refractivity contribution is 7.14. The van der Waals surface area contributed by atoms with Crippen LogP contribution >= 0.6 is 11.3 Å². The van der Waals surface area contributed by atoms with Gasteiger partial charge < -0.3 is 10.1 Å². The summed E-state index contributed by atoms with van der Waals surface area (Å²) >= 11 is 1.15. The first-order chi connectivity index (χ1) is 19.8. The second kappa shape index (κ2) is 9.47. The predicted molar refractivity (Wildman–Crippen MR) is 149 cm³/mol. The molecule has 41 heavy (non-hydrogen) atoms. The quantitative estimate of drug-likeness (QED) is 0.364. The third-order valence-corrected chi connectivity index (χ3v) is 9.80. The molecule has 7 rings (SSSR count). The molecule has 3 aliphatic rings. The van der Waals surface area contributed by atoms with Crippen molar-refractivity contribution in [2.75, 3.05) is 12.1 Å². The smallest absolute Gasteiger partial charge is 0.275 e. The van der Waals surface area contributed by atoms with Crippen molar-refractivity contribution in [1.29, 1.82) is 0 Å². The molecule has 4 aromatic rings. The molecule has 2 aliphatic carbocycles. The standard InChI is InChI=1S/C30H27F2N5O3S/c1-16-20-10-11-30(24(16)20)33-28(39)25-27(40-15-17-6-4-3-5-7-17)26(38)21(14-37(25)36(30)2)29-35-34-23(41-29)12-18-8-9-19(31)13-22(18)32/h3-9,13-14,16,20,24H,10-12,15H2,1-2H3,(H,33,39)/t16-,20+,24-,30?/m0/s1. The van der Waals surface area contributed by atoms with Gasteiger partial charge in [0, 0.05) is 31.6 Å². The van der Waals surface area contributed by atoms with Crippen LogP contribution in [0.15, 0.2) is 59.5 Å². The van der Waals surface area contributed by atoms with Crippen LogP contribution in [-0.4, -0.2) is 33.5 Å². The van der Waals surface area contributed by atoms with Gasteiger partial charge in [-0.3, -0.25) is 19.3 Å². The first kappa shape index (κ1) is 25.8. The van der Waals surface area contributed by atoms with Crippen LogP contribution in [0.4, 0.5) is 8.78 Å². The summed E-state index contributed by atoms with van der Waals surface area (Å²) in [6.07, 6.45) is 3.56. The SMILES string of the molecule is C[C@H]1[C@H]2CCC3(NC(=O)c4c(OCc5ccccc5)c(=O)c(-c5nnc(Cc6ccc(F)cc6F)s5)cn4N3C)[C@@H]12. The van der Waals surface area contributed by atoms with Crippen molar-refractivity contribution in [3.63, 3.8) is 0 Å². The third-order valence-electron chi connectivity index (χ3n) is 8.84. The highest BCUT2D eigenvalue weighted by Gasteiger charge is 2.67. The van der Waals surface area contributed by atoms with Gasteiger partial charge in [-0.25, -0.2) is 8.78 Å². The molecule has 3 heterocycles. The Morgan fingerprint density at radius 2 is 1.95 bits per heavy atom. The minimum Gasteiger partial charge on any atom is -0.482 e. The lowest BCUT2D eigenvalue weighted by Crippen LogP contribution is -2.68. The summed E-state index contributed by atoms with van der Waals surface area (Å²) in [7, 11) is 1.93. The Bertz CT molecular complexity index is 1740. The molecule has 11 heteroatoms. The number of hydrogen-bond acceptors (Lipinski definition) is 7. The summed E-state index contributed by atoms with van der Waals surface area (Å²) in [5, 5.41) is 14.5. The Balaban J connectivity index is 1.31. The van der Waals surface area contributed by atoms with Gasteiger partial charge in [0.05, 0.1) is 5.56 Å². The molecule has 2 aromatic carbocycles. The first-order valence-corrected chi connectivity index (χ1v) is 14.4. The summed E-state index contributed by atoms with van der Waals surface area (Å²) in [4.78, 5) is 27.6. The average Bonchev–Trinajstić information content (AvgIpc) is 3.25. The average molecular weight is 576 g/mol. The number of ether oxygens (including phenoxy) is 1. The summed E-state index contributed by atoms with van der Waals surface area (Å²) in [6, 6.07) is 12.8. The van der Waals surface area contributed by atoms with Gasteiger partial charge in [0.1, 0.15) is 28.9 Å². The van der Waals surface area contributed by atoms with Gasteiger partial charge in [-0.2, -0.15) is 0 Å². The fraction of sp³-hybridized carbons (Fsp3) is 0.333. The molecule has 1 amide bonds. The molecule has 4 atom stereocenters. The van der Waals surface area contributed by atoms with E-state index < -0.39 is 22.7 Å². The van der Waals surface area contributed by atoms with E-state index in [1.54, 1.807) is 10.9 Å². The van der Waals surface area contributed by atoms with Crippen molar-refractivity contribution in [2.45, 2.75) is 38.5 Å². The summed E-state index contributed by atoms with van der Waals surface area (Å²) in [5.41, 5.74) is 0.459. The number of benzene rings is 2. The second-order valence-electron chi connectivity index (χ2n) is 11.1. The fourth-order valence-corrected chi connectivity index (χ4v) is 7.55. The van der Waals surface area contributed by atoms with E-state index in [1.165, 1.54) is 12.1 Å². The van der Waals surface area contributed by atoms with E-state index in [-0.39, 0.29) is 41.5 Å². The first-order valence-electron chi connectivity index (χ1n) is 13.6. The van der Waals surface area contributed by atoms with Gasteiger partial charge in [0.25, 0.3) is 5.91 Å². The van der Waals surface area contributed by atoms with Crippen molar-refractivity contribution < 1.29 is 18.3 Å². The number of nitrogens with one attached hydrogen (secondary N) is 1. The lowest BCUT2D eigenvalue weighted by atomic mass is 9.98. The molecule has 2 fully saturated rings. The molecule has 0 saturated heterocycles. The number of pyridine rings is 1. The van der Waals surface area contributed by atoms with Crippen LogP contribution in [-0.2, 0) is 13.0 Å². The number of halogens is 2. The number of amides is 1. The van der Waals surface area contributed by atoms with Crippen molar-refractivity contribution in [1.82, 2.24) is 20.2 Å². The van der Waals surface area contributed by atoms with E-state index >= 15 is 0 Å². The second-order valence-corrected chi connectivity index (χ2v) is 12.1. The molecule has 210 valence electrons. The minimum atomic E-state index is -0.672. The monoisotopic (exact) mass is 575 g/mol. The molecule has 2 saturated carbocycles. The lowest BCUT2D eigenvalue weighted by molar-refractivity contribution is 0.0794. The highest BCUT2D eigenvalue weighted by Crippen LogP contribution is 2.63. The molecule has 1 unspecified atom stereocenters. The van der Waals surface area contributed by atoms with Crippen LogP contribution in [0, 0.1) is 29.4 Å². The maximum Gasteiger partial charge on any atom is 0.275 e. The Labute approximate surface area is 238 Å². The zero-order chi connectivity index (χ0) is 28.5. The summed E-state index contributed by atoms with van der Waals surface area (Å²) in [6.45, 7) is 2.31. The van der Waals surface area contributed by atoms with Crippen LogP contribution < -0.4 is 20.5 Å². The Hall–Kier alpha value is -4.12. The van der Waals surface area contributed by atoms with E-state index in [0.29, 0.717) is 27.8 Å². The molecule has 0 bridgehead atoms. The fourth-order valence-electron chi connectivity index (χ4n) is 6.68. The largest absolute Gasteiger partial charge is 0.482 e. The predicted octanol–water partition coefficient (Wildman–Crippen LogP) is 4.50. The number of fused-ring (bicyclic) bond motifs is 3. The van der Waals surface area contributed by atoms with Gasteiger partial charge in [-0.05, 0) is 41.9 Å². The molecule has 0 radical (unpaired) electrons. The number of carbonyl (C=O) groups is 1. The van der Waals surface area contributed by atoms with Crippen LogP contribution in [0.5, 0.6) is 5.75 Å². The molecular weight excluding hydrogens is 548 g/mol. The number of carbonyl (C=O) groups excluding carboxylic acids is 1. The van der Waals surface area contributed by atoms with Gasteiger partial charge in [-0.15, -0.1) is 10.2 Å².